The van der Waals surface area contributed by atoms with E-state index in [1.165, 1.54) is 0 Å². The van der Waals surface area contributed by atoms with Crippen molar-refractivity contribution in [3.8, 4) is 11.5 Å². The van der Waals surface area contributed by atoms with Crippen molar-refractivity contribution in [1.82, 2.24) is 5.32 Å². The maximum absolute atomic E-state index is 12.1. The number of ether oxygens (including phenoxy) is 2. The number of benzene rings is 1. The minimum Gasteiger partial charge on any atom is -0.490 e. The predicted molar refractivity (Wildman–Crippen MR) is 88.2 cm³/mol. The Bertz CT molecular complexity index is 480. The van der Waals surface area contributed by atoms with E-state index in [0.717, 1.165) is 4.47 Å². The molecule has 0 radical (unpaired) electrons. The van der Waals surface area contributed by atoms with Gasteiger partial charge >= 0.3 is 0 Å². The van der Waals surface area contributed by atoms with E-state index in [9.17, 15) is 4.79 Å². The summed E-state index contributed by atoms with van der Waals surface area (Å²) in [6.07, 6.45) is 0. The van der Waals surface area contributed by atoms with E-state index in [-0.39, 0.29) is 11.8 Å². The van der Waals surface area contributed by atoms with Gasteiger partial charge in [0.15, 0.2) is 11.5 Å². The quantitative estimate of drug-likeness (QED) is 0.749. The molecule has 0 spiro atoms. The summed E-state index contributed by atoms with van der Waals surface area (Å²) in [6.45, 7) is 7.41. The highest BCUT2D eigenvalue weighted by Gasteiger charge is 2.16. The first-order valence-corrected chi connectivity index (χ1v) is 7.87. The van der Waals surface area contributed by atoms with Crippen molar-refractivity contribution in [2.24, 2.45) is 5.92 Å². The average Bonchev–Trinajstić information content (AvgIpc) is 2.44. The molecule has 1 rings (SSSR count). The normalized spacial score (nSPS) is 11.9. The Morgan fingerprint density at radius 3 is 2.33 bits per heavy atom. The number of hydrogen-bond donors (Lipinski definition) is 2. The highest BCUT2D eigenvalue weighted by Crippen LogP contribution is 2.36. The topological polar surface area (TPSA) is 59.6 Å². The Kier molecular flexibility index (Phi) is 7.53. The number of nitrogens with one attached hydrogen (secondary N) is 2. The van der Waals surface area contributed by atoms with Gasteiger partial charge in [-0.15, -0.1) is 0 Å². The van der Waals surface area contributed by atoms with E-state index < -0.39 is 0 Å². The zero-order valence-corrected chi connectivity index (χ0v) is 14.5. The lowest BCUT2D eigenvalue weighted by Gasteiger charge is -2.16. The second kappa shape index (κ2) is 8.89. The molecular weight excluding hydrogens is 336 g/mol. The van der Waals surface area contributed by atoms with Crippen LogP contribution in [-0.2, 0) is 4.79 Å². The predicted octanol–water partition coefficient (Wildman–Crippen LogP) is 3.04. The SMILES string of the molecule is CCOc1cc(Br)c(NC(=O)C(C)CNC)cc1OCC. The summed E-state index contributed by atoms with van der Waals surface area (Å²) >= 11 is 3.45. The smallest absolute Gasteiger partial charge is 0.228 e. The second-order valence-electron chi connectivity index (χ2n) is 4.59. The van der Waals surface area contributed by atoms with Crippen LogP contribution in [0, 0.1) is 5.92 Å². The molecule has 6 heteroatoms. The molecule has 1 amide bonds. The summed E-state index contributed by atoms with van der Waals surface area (Å²) in [5.74, 6) is 1.12. The van der Waals surface area contributed by atoms with Crippen LogP contribution in [0.2, 0.25) is 0 Å². The fourth-order valence-electron chi connectivity index (χ4n) is 1.82. The van der Waals surface area contributed by atoms with Gasteiger partial charge in [0, 0.05) is 29.1 Å². The average molecular weight is 359 g/mol. The lowest BCUT2D eigenvalue weighted by Crippen LogP contribution is -2.28. The van der Waals surface area contributed by atoms with Gasteiger partial charge in [-0.3, -0.25) is 4.79 Å². The maximum atomic E-state index is 12.1. The van der Waals surface area contributed by atoms with Crippen LogP contribution in [0.4, 0.5) is 5.69 Å². The largest absolute Gasteiger partial charge is 0.490 e. The van der Waals surface area contributed by atoms with Crippen molar-refractivity contribution in [2.75, 3.05) is 32.1 Å². The molecule has 0 fully saturated rings. The van der Waals surface area contributed by atoms with Gasteiger partial charge in [-0.05, 0) is 36.8 Å². The third kappa shape index (κ3) is 5.21. The van der Waals surface area contributed by atoms with Gasteiger partial charge in [0.25, 0.3) is 0 Å². The third-order valence-corrected chi connectivity index (χ3v) is 3.50. The van der Waals surface area contributed by atoms with Gasteiger partial charge in [-0.25, -0.2) is 0 Å². The molecule has 1 atom stereocenters. The summed E-state index contributed by atoms with van der Waals surface area (Å²) in [6, 6.07) is 3.59. The Hall–Kier alpha value is -1.27. The number of amides is 1. The Labute approximate surface area is 134 Å². The van der Waals surface area contributed by atoms with Gasteiger partial charge in [0.1, 0.15) is 0 Å². The van der Waals surface area contributed by atoms with Crippen LogP contribution in [0.3, 0.4) is 0 Å². The molecule has 118 valence electrons. The number of rotatable bonds is 8. The van der Waals surface area contributed by atoms with Gasteiger partial charge in [-0.2, -0.15) is 0 Å². The monoisotopic (exact) mass is 358 g/mol. The van der Waals surface area contributed by atoms with Crippen LogP contribution in [0.15, 0.2) is 16.6 Å². The van der Waals surface area contributed by atoms with Gasteiger partial charge in [0.2, 0.25) is 5.91 Å². The van der Waals surface area contributed by atoms with E-state index in [1.807, 2.05) is 33.9 Å². The highest BCUT2D eigenvalue weighted by atomic mass is 79.9. The first-order valence-electron chi connectivity index (χ1n) is 7.08. The van der Waals surface area contributed by atoms with Crippen LogP contribution in [0.5, 0.6) is 11.5 Å². The number of carbonyl (C=O) groups excluding carboxylic acids is 1. The van der Waals surface area contributed by atoms with Crippen LogP contribution < -0.4 is 20.1 Å². The molecule has 5 nitrogen and oxygen atoms in total. The summed E-state index contributed by atoms with van der Waals surface area (Å²) in [4.78, 5) is 12.1. The molecule has 0 bridgehead atoms. The van der Waals surface area contributed by atoms with E-state index in [1.54, 1.807) is 6.07 Å². The van der Waals surface area contributed by atoms with E-state index in [0.29, 0.717) is 36.9 Å². The minimum atomic E-state index is -0.121. The van der Waals surface area contributed by atoms with Crippen molar-refractivity contribution in [3.05, 3.63) is 16.6 Å². The second-order valence-corrected chi connectivity index (χ2v) is 5.45. The molecule has 1 aromatic carbocycles. The van der Waals surface area contributed by atoms with Crippen LogP contribution in [0.1, 0.15) is 20.8 Å². The summed E-state index contributed by atoms with van der Waals surface area (Å²) in [5.41, 5.74) is 0.676. The summed E-state index contributed by atoms with van der Waals surface area (Å²) < 4.78 is 11.9. The number of halogens is 1. The molecule has 0 heterocycles. The molecule has 0 saturated carbocycles. The standard InChI is InChI=1S/C15H23BrN2O3/c1-5-20-13-7-11(16)12(8-14(13)21-6-2)18-15(19)10(3)9-17-4/h7-8,10,17H,5-6,9H2,1-4H3,(H,18,19). The molecule has 2 N–H and O–H groups in total. The molecule has 0 aliphatic carbocycles. The molecule has 1 aromatic rings. The van der Waals surface area contributed by atoms with Crippen LogP contribution in [-0.4, -0.2) is 32.7 Å². The van der Waals surface area contributed by atoms with Crippen molar-refractivity contribution >= 4 is 27.5 Å². The first-order chi connectivity index (χ1) is 10.0. The minimum absolute atomic E-state index is 0.0448. The lowest BCUT2D eigenvalue weighted by molar-refractivity contribution is -0.119. The number of hydrogen-bond acceptors (Lipinski definition) is 4. The molecule has 0 aliphatic heterocycles. The van der Waals surface area contributed by atoms with Gasteiger partial charge < -0.3 is 20.1 Å². The summed E-state index contributed by atoms with van der Waals surface area (Å²) in [5, 5.41) is 5.89. The molecule has 0 aliphatic rings. The Morgan fingerprint density at radius 2 is 1.81 bits per heavy atom. The molecular formula is C15H23BrN2O3. The molecule has 21 heavy (non-hydrogen) atoms. The number of carbonyl (C=O) groups is 1. The van der Waals surface area contributed by atoms with E-state index in [2.05, 4.69) is 26.6 Å². The van der Waals surface area contributed by atoms with Crippen molar-refractivity contribution in [2.45, 2.75) is 20.8 Å². The highest BCUT2D eigenvalue weighted by molar-refractivity contribution is 9.10. The zero-order valence-electron chi connectivity index (χ0n) is 13.0. The van der Waals surface area contributed by atoms with Crippen molar-refractivity contribution in [3.63, 3.8) is 0 Å². The Morgan fingerprint density at radius 1 is 1.24 bits per heavy atom. The lowest BCUT2D eigenvalue weighted by atomic mass is 10.1. The summed E-state index contributed by atoms with van der Waals surface area (Å²) in [7, 11) is 1.82. The van der Waals surface area contributed by atoms with Gasteiger partial charge in [-0.1, -0.05) is 6.92 Å². The van der Waals surface area contributed by atoms with Gasteiger partial charge in [0.05, 0.1) is 18.9 Å². The third-order valence-electron chi connectivity index (χ3n) is 2.85. The van der Waals surface area contributed by atoms with Crippen molar-refractivity contribution in [1.29, 1.82) is 0 Å². The molecule has 1 unspecified atom stereocenters. The van der Waals surface area contributed by atoms with Crippen molar-refractivity contribution < 1.29 is 14.3 Å². The Balaban J connectivity index is 2.96. The fourth-order valence-corrected chi connectivity index (χ4v) is 2.24. The first kappa shape index (κ1) is 17.8. The van der Waals surface area contributed by atoms with Crippen LogP contribution >= 0.6 is 15.9 Å². The van der Waals surface area contributed by atoms with E-state index in [4.69, 9.17) is 9.47 Å². The zero-order chi connectivity index (χ0) is 15.8. The molecule has 0 saturated heterocycles. The maximum Gasteiger partial charge on any atom is 0.228 e. The number of anilines is 1. The van der Waals surface area contributed by atoms with E-state index >= 15 is 0 Å². The fraction of sp³-hybridized carbons (Fsp3) is 0.533. The molecule has 0 aromatic heterocycles. The van der Waals surface area contributed by atoms with Crippen LogP contribution in [0.25, 0.3) is 0 Å².